The van der Waals surface area contributed by atoms with Crippen molar-refractivity contribution < 1.29 is 17.9 Å². The summed E-state index contributed by atoms with van der Waals surface area (Å²) in [5, 5.41) is 5.06. The first-order valence-electron chi connectivity index (χ1n) is 4.89. The second kappa shape index (κ2) is 4.53. The van der Waals surface area contributed by atoms with E-state index >= 15 is 0 Å². The fourth-order valence-electron chi connectivity index (χ4n) is 1.46. The minimum Gasteiger partial charge on any atom is -0.497 e. The van der Waals surface area contributed by atoms with E-state index in [0.717, 1.165) is 0 Å². The van der Waals surface area contributed by atoms with Gasteiger partial charge in [-0.1, -0.05) is 11.6 Å². The number of aromatic nitrogens is 2. The first-order valence-corrected chi connectivity index (χ1v) is 5.26. The van der Waals surface area contributed by atoms with E-state index in [0.29, 0.717) is 11.3 Å². The number of alkyl halides is 3. The number of hydrogen-bond acceptors (Lipinski definition) is 2. The number of hydrogen-bond donors (Lipinski definition) is 1. The van der Waals surface area contributed by atoms with E-state index in [9.17, 15) is 13.2 Å². The minimum atomic E-state index is -4.55. The predicted molar refractivity (Wildman–Crippen MR) is 60.6 cm³/mol. The lowest BCUT2D eigenvalue weighted by Gasteiger charge is -2.03. The Kier molecular flexibility index (Phi) is 3.21. The van der Waals surface area contributed by atoms with E-state index in [1.165, 1.54) is 7.11 Å². The van der Waals surface area contributed by atoms with Crippen molar-refractivity contribution in [3.8, 4) is 17.0 Å². The summed E-state index contributed by atoms with van der Waals surface area (Å²) in [6.07, 6.45) is -4.55. The topological polar surface area (TPSA) is 37.9 Å². The van der Waals surface area contributed by atoms with Gasteiger partial charge in [0.05, 0.1) is 12.1 Å². The molecular weight excluding hydrogens is 269 g/mol. The van der Waals surface area contributed by atoms with Crippen molar-refractivity contribution in [3.63, 3.8) is 0 Å². The molecule has 18 heavy (non-hydrogen) atoms. The van der Waals surface area contributed by atoms with Gasteiger partial charge in [-0.25, -0.2) is 0 Å². The number of aromatic amines is 1. The smallest absolute Gasteiger partial charge is 0.434 e. The van der Waals surface area contributed by atoms with Crippen molar-refractivity contribution in [1.29, 1.82) is 0 Å². The van der Waals surface area contributed by atoms with Crippen LogP contribution in [0.1, 0.15) is 5.69 Å². The molecule has 2 rings (SSSR count). The van der Waals surface area contributed by atoms with Crippen molar-refractivity contribution in [2.24, 2.45) is 0 Å². The van der Waals surface area contributed by atoms with Crippen LogP contribution in [0.3, 0.4) is 0 Å². The van der Waals surface area contributed by atoms with Crippen LogP contribution in [0, 0.1) is 0 Å². The number of rotatable bonds is 2. The van der Waals surface area contributed by atoms with E-state index in [1.807, 2.05) is 5.10 Å². The lowest BCUT2D eigenvalue weighted by molar-refractivity contribution is -0.141. The maximum Gasteiger partial charge on any atom is 0.434 e. The Hall–Kier alpha value is -1.69. The molecule has 0 aliphatic rings. The van der Waals surface area contributed by atoms with E-state index in [1.54, 1.807) is 24.3 Å². The van der Waals surface area contributed by atoms with Gasteiger partial charge in [-0.05, 0) is 24.3 Å². The number of ether oxygens (including phenoxy) is 1. The first kappa shape index (κ1) is 12.8. The lowest BCUT2D eigenvalue weighted by Crippen LogP contribution is -2.05. The molecule has 0 bridgehead atoms. The quantitative estimate of drug-likeness (QED) is 0.907. The molecule has 0 atom stereocenters. The molecule has 0 aliphatic carbocycles. The summed E-state index contributed by atoms with van der Waals surface area (Å²) in [6.45, 7) is 0. The number of halogens is 4. The second-order valence-corrected chi connectivity index (χ2v) is 3.87. The third-order valence-corrected chi connectivity index (χ3v) is 2.72. The zero-order valence-electron chi connectivity index (χ0n) is 9.18. The molecule has 0 fully saturated rings. The normalized spacial score (nSPS) is 11.6. The fraction of sp³-hybridized carbons (Fsp3) is 0.182. The third-order valence-electron chi connectivity index (χ3n) is 2.35. The van der Waals surface area contributed by atoms with E-state index in [-0.39, 0.29) is 5.69 Å². The molecule has 1 N–H and O–H groups in total. The molecule has 0 unspecified atom stereocenters. The minimum absolute atomic E-state index is 0.0617. The standard InChI is InChI=1S/C11H8ClF3N2O/c1-18-7-4-2-6(3-5-7)9-8(12)10(17-16-9)11(13,14)15/h2-5H,1H3,(H,16,17). The Labute approximate surface area is 106 Å². The molecular formula is C11H8ClF3N2O. The molecule has 2 aromatic rings. The molecule has 0 saturated carbocycles. The highest BCUT2D eigenvalue weighted by Gasteiger charge is 2.37. The van der Waals surface area contributed by atoms with Gasteiger partial charge in [-0.3, -0.25) is 5.10 Å². The Balaban J connectivity index is 2.42. The van der Waals surface area contributed by atoms with Crippen LogP contribution >= 0.6 is 11.6 Å². The van der Waals surface area contributed by atoms with Gasteiger partial charge in [-0.15, -0.1) is 0 Å². The molecule has 1 heterocycles. The highest BCUT2D eigenvalue weighted by atomic mass is 35.5. The van der Waals surface area contributed by atoms with Gasteiger partial charge >= 0.3 is 6.18 Å². The maximum absolute atomic E-state index is 12.5. The monoisotopic (exact) mass is 276 g/mol. The van der Waals surface area contributed by atoms with Crippen LogP contribution in [-0.4, -0.2) is 17.3 Å². The highest BCUT2D eigenvalue weighted by Crippen LogP contribution is 2.38. The Morgan fingerprint density at radius 3 is 2.28 bits per heavy atom. The summed E-state index contributed by atoms with van der Waals surface area (Å²) >= 11 is 5.67. The molecule has 0 saturated heterocycles. The molecule has 96 valence electrons. The van der Waals surface area contributed by atoms with Gasteiger partial charge in [0.15, 0.2) is 5.69 Å². The number of methoxy groups -OCH3 is 1. The van der Waals surface area contributed by atoms with Crippen molar-refractivity contribution in [3.05, 3.63) is 35.0 Å². The van der Waals surface area contributed by atoms with Gasteiger partial charge in [0.1, 0.15) is 11.4 Å². The van der Waals surface area contributed by atoms with Crippen LogP contribution in [0.2, 0.25) is 5.02 Å². The number of benzene rings is 1. The average Bonchev–Trinajstić information content (AvgIpc) is 2.71. The number of nitrogens with one attached hydrogen (secondary N) is 1. The number of H-pyrrole nitrogens is 1. The van der Waals surface area contributed by atoms with Gasteiger partial charge in [0, 0.05) is 5.56 Å². The number of nitrogens with zero attached hydrogens (tertiary/aromatic N) is 1. The summed E-state index contributed by atoms with van der Waals surface area (Å²) in [5.41, 5.74) is -0.505. The van der Waals surface area contributed by atoms with Crippen LogP contribution in [0.4, 0.5) is 13.2 Å². The zero-order chi connectivity index (χ0) is 13.3. The summed E-state index contributed by atoms with van der Waals surface area (Å²) in [4.78, 5) is 0. The summed E-state index contributed by atoms with van der Waals surface area (Å²) in [5.74, 6) is 0.599. The largest absolute Gasteiger partial charge is 0.497 e. The van der Waals surface area contributed by atoms with Crippen LogP contribution < -0.4 is 4.74 Å². The molecule has 0 amide bonds. The van der Waals surface area contributed by atoms with Crippen molar-refractivity contribution in [1.82, 2.24) is 10.2 Å². The summed E-state index contributed by atoms with van der Waals surface area (Å²) < 4.78 is 42.5. The van der Waals surface area contributed by atoms with Crippen molar-refractivity contribution in [2.45, 2.75) is 6.18 Å². The Morgan fingerprint density at radius 2 is 1.83 bits per heavy atom. The predicted octanol–water partition coefficient (Wildman–Crippen LogP) is 3.76. The van der Waals surface area contributed by atoms with Crippen molar-refractivity contribution in [2.75, 3.05) is 7.11 Å². The SMILES string of the molecule is COc1ccc(-c2n[nH]c(C(F)(F)F)c2Cl)cc1. The van der Waals surface area contributed by atoms with Crippen molar-refractivity contribution >= 4 is 11.6 Å². The second-order valence-electron chi connectivity index (χ2n) is 3.49. The van der Waals surface area contributed by atoms with Gasteiger partial charge < -0.3 is 4.74 Å². The lowest BCUT2D eigenvalue weighted by atomic mass is 10.1. The first-order chi connectivity index (χ1) is 8.43. The Bertz CT molecular complexity index is 548. The van der Waals surface area contributed by atoms with Gasteiger partial charge in [0.2, 0.25) is 0 Å². The fourth-order valence-corrected chi connectivity index (χ4v) is 1.76. The molecule has 0 aliphatic heterocycles. The van der Waals surface area contributed by atoms with Crippen LogP contribution in [-0.2, 0) is 6.18 Å². The molecule has 0 radical (unpaired) electrons. The van der Waals surface area contributed by atoms with E-state index in [2.05, 4.69) is 5.10 Å². The third kappa shape index (κ3) is 2.28. The molecule has 1 aromatic carbocycles. The van der Waals surface area contributed by atoms with E-state index < -0.39 is 16.9 Å². The van der Waals surface area contributed by atoms with Crippen LogP contribution in [0.15, 0.2) is 24.3 Å². The zero-order valence-corrected chi connectivity index (χ0v) is 9.93. The van der Waals surface area contributed by atoms with Gasteiger partial charge in [0.25, 0.3) is 0 Å². The highest BCUT2D eigenvalue weighted by molar-refractivity contribution is 6.33. The van der Waals surface area contributed by atoms with Gasteiger partial charge in [-0.2, -0.15) is 18.3 Å². The van der Waals surface area contributed by atoms with Crippen LogP contribution in [0.5, 0.6) is 5.75 Å². The molecule has 1 aromatic heterocycles. The maximum atomic E-state index is 12.5. The average molecular weight is 277 g/mol. The molecule has 3 nitrogen and oxygen atoms in total. The summed E-state index contributed by atoms with van der Waals surface area (Å²) in [7, 11) is 1.50. The Morgan fingerprint density at radius 1 is 1.22 bits per heavy atom. The van der Waals surface area contributed by atoms with Crippen LogP contribution in [0.25, 0.3) is 11.3 Å². The molecule has 0 spiro atoms. The van der Waals surface area contributed by atoms with E-state index in [4.69, 9.17) is 16.3 Å². The summed E-state index contributed by atoms with van der Waals surface area (Å²) in [6, 6.07) is 6.41. The molecule has 7 heteroatoms.